The van der Waals surface area contributed by atoms with E-state index in [2.05, 4.69) is 10.6 Å². The van der Waals surface area contributed by atoms with Crippen LogP contribution in [0, 0.1) is 5.41 Å². The lowest BCUT2D eigenvalue weighted by Crippen LogP contribution is -2.30. The third-order valence-corrected chi connectivity index (χ3v) is 2.73. The van der Waals surface area contributed by atoms with E-state index < -0.39 is 0 Å². The molecule has 112 valence electrons. The third-order valence-electron chi connectivity index (χ3n) is 2.73. The minimum Gasteiger partial charge on any atom is -0.397 e. The predicted octanol–water partition coefficient (Wildman–Crippen LogP) is 2.25. The molecular weight excluding hydrogens is 266 g/mol. The minimum absolute atomic E-state index is 0.0139. The molecule has 0 aliphatic carbocycles. The SMILES string of the molecule is C/C=C(N)\C(=C/CC)NC(=O)Nc1ccc(C(=N)N)cc1. The van der Waals surface area contributed by atoms with Crippen LogP contribution in [-0.4, -0.2) is 11.9 Å². The van der Waals surface area contributed by atoms with Crippen molar-refractivity contribution in [3.63, 3.8) is 0 Å². The molecule has 2 amide bonds. The molecular formula is C15H21N5O. The molecule has 21 heavy (non-hydrogen) atoms. The lowest BCUT2D eigenvalue weighted by Gasteiger charge is -2.11. The second-order valence-electron chi connectivity index (χ2n) is 4.34. The normalized spacial score (nSPS) is 11.9. The summed E-state index contributed by atoms with van der Waals surface area (Å²) in [7, 11) is 0. The molecule has 0 fully saturated rings. The number of allylic oxidation sites excluding steroid dienone is 2. The number of carbonyl (C=O) groups is 1. The van der Waals surface area contributed by atoms with Crippen LogP contribution in [0.5, 0.6) is 0 Å². The lowest BCUT2D eigenvalue weighted by molar-refractivity contribution is 0.254. The van der Waals surface area contributed by atoms with Gasteiger partial charge in [-0.1, -0.05) is 19.1 Å². The van der Waals surface area contributed by atoms with Crippen molar-refractivity contribution >= 4 is 17.6 Å². The molecule has 0 radical (unpaired) electrons. The van der Waals surface area contributed by atoms with Crippen molar-refractivity contribution in [3.05, 3.63) is 53.4 Å². The molecule has 1 aromatic rings. The number of nitrogen functional groups attached to an aromatic ring is 1. The van der Waals surface area contributed by atoms with Gasteiger partial charge in [0.1, 0.15) is 5.84 Å². The molecule has 6 nitrogen and oxygen atoms in total. The van der Waals surface area contributed by atoms with Crippen molar-refractivity contribution in [2.24, 2.45) is 11.5 Å². The van der Waals surface area contributed by atoms with Crippen molar-refractivity contribution in [3.8, 4) is 0 Å². The number of amides is 2. The highest BCUT2D eigenvalue weighted by Gasteiger charge is 2.06. The number of urea groups is 1. The van der Waals surface area contributed by atoms with Crippen LogP contribution >= 0.6 is 0 Å². The average Bonchev–Trinajstić information content (AvgIpc) is 2.46. The van der Waals surface area contributed by atoms with Gasteiger partial charge in [-0.2, -0.15) is 0 Å². The summed E-state index contributed by atoms with van der Waals surface area (Å²) in [6, 6.07) is 6.31. The van der Waals surface area contributed by atoms with Gasteiger partial charge in [0.2, 0.25) is 0 Å². The van der Waals surface area contributed by atoms with Crippen molar-refractivity contribution < 1.29 is 4.79 Å². The van der Waals surface area contributed by atoms with Crippen molar-refractivity contribution in [1.82, 2.24) is 5.32 Å². The molecule has 0 aromatic heterocycles. The number of hydrogen-bond acceptors (Lipinski definition) is 3. The number of nitrogens with two attached hydrogens (primary N) is 2. The van der Waals surface area contributed by atoms with E-state index in [0.717, 1.165) is 6.42 Å². The Bertz CT molecular complexity index is 572. The molecule has 6 heteroatoms. The first-order valence-corrected chi connectivity index (χ1v) is 6.62. The Morgan fingerprint density at radius 3 is 2.38 bits per heavy atom. The summed E-state index contributed by atoms with van der Waals surface area (Å²) in [5, 5.41) is 12.7. The topological polar surface area (TPSA) is 117 Å². The fraction of sp³-hybridized carbons (Fsp3) is 0.200. The van der Waals surface area contributed by atoms with Gasteiger partial charge >= 0.3 is 6.03 Å². The number of rotatable bonds is 5. The van der Waals surface area contributed by atoms with Crippen LogP contribution in [-0.2, 0) is 0 Å². The number of hydrogen-bond donors (Lipinski definition) is 5. The molecule has 7 N–H and O–H groups in total. The maximum Gasteiger partial charge on any atom is 0.323 e. The molecule has 0 spiro atoms. The number of benzene rings is 1. The lowest BCUT2D eigenvalue weighted by atomic mass is 10.2. The Morgan fingerprint density at radius 2 is 1.90 bits per heavy atom. The van der Waals surface area contributed by atoms with E-state index in [1.54, 1.807) is 37.3 Å². The first kappa shape index (κ1) is 16.3. The molecule has 0 saturated heterocycles. The fourth-order valence-electron chi connectivity index (χ4n) is 1.62. The Labute approximate surface area is 124 Å². The Hall–Kier alpha value is -2.76. The molecule has 1 aromatic carbocycles. The van der Waals surface area contributed by atoms with Gasteiger partial charge < -0.3 is 22.1 Å². The van der Waals surface area contributed by atoms with Gasteiger partial charge in [-0.15, -0.1) is 0 Å². The summed E-state index contributed by atoms with van der Waals surface area (Å²) in [5.41, 5.74) is 13.5. The largest absolute Gasteiger partial charge is 0.397 e. The van der Waals surface area contributed by atoms with E-state index in [1.165, 1.54) is 0 Å². The summed E-state index contributed by atoms with van der Waals surface area (Å²) in [6.07, 6.45) is 4.33. The first-order chi connectivity index (χ1) is 9.97. The van der Waals surface area contributed by atoms with Crippen LogP contribution in [0.1, 0.15) is 25.8 Å². The van der Waals surface area contributed by atoms with Crippen LogP contribution in [0.3, 0.4) is 0 Å². The maximum absolute atomic E-state index is 11.9. The Morgan fingerprint density at radius 1 is 1.29 bits per heavy atom. The quantitative estimate of drug-likeness (QED) is 0.325. The molecule has 0 saturated carbocycles. The van der Waals surface area contributed by atoms with E-state index in [0.29, 0.717) is 22.6 Å². The van der Waals surface area contributed by atoms with Gasteiger partial charge in [0.15, 0.2) is 0 Å². The maximum atomic E-state index is 11.9. The number of nitrogens with one attached hydrogen (secondary N) is 3. The standard InChI is InChI=1S/C15H21N5O/c1-3-5-13(12(16)4-2)20-15(21)19-11-8-6-10(7-9-11)14(17)18/h4-9H,3,16H2,1-2H3,(H3,17,18)(H2,19,20,21)/b12-4+,13-5+. The van der Waals surface area contributed by atoms with Gasteiger partial charge in [0.05, 0.1) is 11.4 Å². The van der Waals surface area contributed by atoms with Gasteiger partial charge in [-0.05, 0) is 37.6 Å². The van der Waals surface area contributed by atoms with Crippen LogP contribution in [0.2, 0.25) is 0 Å². The second kappa shape index (κ2) is 7.74. The Kier molecular flexibility index (Phi) is 6.00. The zero-order valence-corrected chi connectivity index (χ0v) is 12.2. The van der Waals surface area contributed by atoms with Crippen LogP contribution in [0.15, 0.2) is 47.8 Å². The average molecular weight is 287 g/mol. The Balaban J connectivity index is 2.72. The van der Waals surface area contributed by atoms with E-state index in [1.807, 2.05) is 13.0 Å². The number of anilines is 1. The highest BCUT2D eigenvalue weighted by molar-refractivity contribution is 5.96. The molecule has 0 heterocycles. The molecule has 0 unspecified atom stereocenters. The van der Waals surface area contributed by atoms with Gasteiger partial charge in [0, 0.05) is 11.3 Å². The smallest absolute Gasteiger partial charge is 0.323 e. The molecule has 0 aliphatic rings. The molecule has 0 aliphatic heterocycles. The number of amidine groups is 1. The van der Waals surface area contributed by atoms with Crippen LogP contribution in [0.4, 0.5) is 10.5 Å². The van der Waals surface area contributed by atoms with Crippen molar-refractivity contribution in [2.75, 3.05) is 5.32 Å². The van der Waals surface area contributed by atoms with Gasteiger partial charge in [0.25, 0.3) is 0 Å². The molecule has 0 bridgehead atoms. The summed E-state index contributed by atoms with van der Waals surface area (Å²) >= 11 is 0. The van der Waals surface area contributed by atoms with E-state index in [9.17, 15) is 4.79 Å². The highest BCUT2D eigenvalue weighted by atomic mass is 16.2. The summed E-state index contributed by atoms with van der Waals surface area (Å²) < 4.78 is 0. The molecule has 1 rings (SSSR count). The third kappa shape index (κ3) is 5.02. The highest BCUT2D eigenvalue weighted by Crippen LogP contribution is 2.09. The fourth-order valence-corrected chi connectivity index (χ4v) is 1.62. The zero-order chi connectivity index (χ0) is 15.8. The summed E-state index contributed by atoms with van der Waals surface area (Å²) in [4.78, 5) is 11.9. The van der Waals surface area contributed by atoms with E-state index >= 15 is 0 Å². The van der Waals surface area contributed by atoms with Crippen molar-refractivity contribution in [1.29, 1.82) is 5.41 Å². The minimum atomic E-state index is -0.380. The predicted molar refractivity (Wildman–Crippen MR) is 85.9 cm³/mol. The monoisotopic (exact) mass is 287 g/mol. The number of carbonyl (C=O) groups excluding carboxylic acids is 1. The van der Waals surface area contributed by atoms with Crippen LogP contribution < -0.4 is 22.1 Å². The van der Waals surface area contributed by atoms with E-state index in [-0.39, 0.29) is 11.9 Å². The first-order valence-electron chi connectivity index (χ1n) is 6.62. The zero-order valence-electron chi connectivity index (χ0n) is 12.2. The van der Waals surface area contributed by atoms with Gasteiger partial charge in [-0.3, -0.25) is 5.41 Å². The summed E-state index contributed by atoms with van der Waals surface area (Å²) in [6.45, 7) is 3.77. The van der Waals surface area contributed by atoms with Crippen LogP contribution in [0.25, 0.3) is 0 Å². The van der Waals surface area contributed by atoms with E-state index in [4.69, 9.17) is 16.9 Å². The van der Waals surface area contributed by atoms with Crippen molar-refractivity contribution in [2.45, 2.75) is 20.3 Å². The second-order valence-corrected chi connectivity index (χ2v) is 4.34. The molecule has 0 atom stereocenters. The van der Waals surface area contributed by atoms with Gasteiger partial charge in [-0.25, -0.2) is 4.79 Å². The summed E-state index contributed by atoms with van der Waals surface area (Å²) in [5.74, 6) is -0.0139.